The molecule has 0 saturated carbocycles. The summed E-state index contributed by atoms with van der Waals surface area (Å²) in [4.78, 5) is 7.84. The number of hydrogen-bond acceptors (Lipinski definition) is 3. The first-order chi connectivity index (χ1) is 14.6. The number of aromatic nitrogens is 1. The molecule has 160 valence electrons. The van der Waals surface area contributed by atoms with Gasteiger partial charge in [-0.2, -0.15) is 0 Å². The molecule has 3 rings (SSSR count). The van der Waals surface area contributed by atoms with Gasteiger partial charge in [0.05, 0.1) is 14.2 Å². The maximum absolute atomic E-state index is 13.5. The number of aliphatic imine (C=N–C) groups is 1. The number of H-pyrrole nitrogens is 1. The number of hydrogen-bond donors (Lipinski definition) is 3. The molecule has 7 heteroatoms. The van der Waals surface area contributed by atoms with Crippen LogP contribution >= 0.6 is 0 Å². The molecule has 3 aromatic rings. The Morgan fingerprint density at radius 2 is 1.87 bits per heavy atom. The number of ether oxygens (including phenoxy) is 2. The zero-order valence-electron chi connectivity index (χ0n) is 17.7. The number of benzene rings is 2. The van der Waals surface area contributed by atoms with Crippen LogP contribution in [0.1, 0.15) is 18.1 Å². The van der Waals surface area contributed by atoms with Crippen molar-refractivity contribution in [2.45, 2.75) is 19.8 Å². The van der Waals surface area contributed by atoms with Crippen molar-refractivity contribution in [3.05, 3.63) is 59.5 Å². The van der Waals surface area contributed by atoms with Crippen LogP contribution in [-0.4, -0.2) is 44.8 Å². The summed E-state index contributed by atoms with van der Waals surface area (Å²) in [6, 6.07) is 10.7. The Morgan fingerprint density at radius 3 is 2.63 bits per heavy atom. The van der Waals surface area contributed by atoms with Gasteiger partial charge < -0.3 is 25.1 Å². The Hall–Kier alpha value is -3.22. The number of aromatic amines is 1. The lowest BCUT2D eigenvalue weighted by Gasteiger charge is -2.12. The Bertz CT molecular complexity index is 1000. The summed E-state index contributed by atoms with van der Waals surface area (Å²) in [6.45, 7) is 4.16. The third kappa shape index (κ3) is 5.43. The first-order valence-corrected chi connectivity index (χ1v) is 10.1. The highest BCUT2D eigenvalue weighted by Gasteiger charge is 2.06. The Labute approximate surface area is 176 Å². The van der Waals surface area contributed by atoms with Gasteiger partial charge in [0, 0.05) is 36.7 Å². The second-order valence-corrected chi connectivity index (χ2v) is 6.88. The average Bonchev–Trinajstić information content (AvgIpc) is 3.15. The van der Waals surface area contributed by atoms with E-state index < -0.39 is 0 Å². The van der Waals surface area contributed by atoms with E-state index in [1.54, 1.807) is 26.4 Å². The number of fused-ring (bicyclic) bond motifs is 1. The average molecular weight is 413 g/mol. The molecular formula is C23H29FN4O2. The molecule has 0 unspecified atom stereocenters. The largest absolute Gasteiger partial charge is 0.493 e. The molecule has 0 aliphatic rings. The molecule has 0 fully saturated rings. The standard InChI is InChI=1S/C23H29FN4O2/c1-4-25-23(26-11-9-16-5-8-21(29-2)22(13-16)30-3)27-12-10-17-15-28-20-7-6-18(24)14-19(17)20/h5-8,13-15,28H,4,9-12H2,1-3H3,(H2,25,26,27). The van der Waals surface area contributed by atoms with Gasteiger partial charge in [-0.05, 0) is 61.2 Å². The molecule has 1 aromatic heterocycles. The van der Waals surface area contributed by atoms with Crippen LogP contribution in [-0.2, 0) is 12.8 Å². The minimum Gasteiger partial charge on any atom is -0.493 e. The van der Waals surface area contributed by atoms with E-state index in [4.69, 9.17) is 9.47 Å². The molecule has 6 nitrogen and oxygen atoms in total. The van der Waals surface area contributed by atoms with Crippen LogP contribution in [0.2, 0.25) is 0 Å². The van der Waals surface area contributed by atoms with Gasteiger partial charge in [0.25, 0.3) is 0 Å². The second-order valence-electron chi connectivity index (χ2n) is 6.88. The fraction of sp³-hybridized carbons (Fsp3) is 0.348. The van der Waals surface area contributed by atoms with Crippen molar-refractivity contribution in [1.29, 1.82) is 0 Å². The molecule has 2 aromatic carbocycles. The number of methoxy groups -OCH3 is 2. The van der Waals surface area contributed by atoms with Crippen molar-refractivity contribution in [3.63, 3.8) is 0 Å². The minimum absolute atomic E-state index is 0.225. The summed E-state index contributed by atoms with van der Waals surface area (Å²) < 4.78 is 24.2. The zero-order chi connectivity index (χ0) is 21.3. The van der Waals surface area contributed by atoms with Gasteiger partial charge in [0.2, 0.25) is 0 Å². The van der Waals surface area contributed by atoms with Crippen molar-refractivity contribution in [2.24, 2.45) is 4.99 Å². The first kappa shape index (κ1) is 21.5. The van der Waals surface area contributed by atoms with E-state index in [-0.39, 0.29) is 5.82 Å². The van der Waals surface area contributed by atoms with E-state index in [2.05, 4.69) is 20.6 Å². The highest BCUT2D eigenvalue weighted by Crippen LogP contribution is 2.27. The van der Waals surface area contributed by atoms with E-state index >= 15 is 0 Å². The predicted octanol–water partition coefficient (Wildman–Crippen LogP) is 3.66. The monoisotopic (exact) mass is 412 g/mol. The SMILES string of the molecule is CCNC(=NCCc1c[nH]c2ccc(F)cc12)NCCc1ccc(OC)c(OC)c1. The van der Waals surface area contributed by atoms with Crippen molar-refractivity contribution in [1.82, 2.24) is 15.6 Å². The maximum atomic E-state index is 13.5. The van der Waals surface area contributed by atoms with Gasteiger partial charge in [-0.25, -0.2) is 4.39 Å². The van der Waals surface area contributed by atoms with Crippen LogP contribution in [0.3, 0.4) is 0 Å². The van der Waals surface area contributed by atoms with Gasteiger partial charge in [-0.3, -0.25) is 4.99 Å². The summed E-state index contributed by atoms with van der Waals surface area (Å²) >= 11 is 0. The van der Waals surface area contributed by atoms with Crippen molar-refractivity contribution in [2.75, 3.05) is 33.9 Å². The highest BCUT2D eigenvalue weighted by atomic mass is 19.1. The van der Waals surface area contributed by atoms with Gasteiger partial charge in [-0.15, -0.1) is 0 Å². The van der Waals surface area contributed by atoms with Gasteiger partial charge >= 0.3 is 0 Å². The molecule has 30 heavy (non-hydrogen) atoms. The third-order valence-electron chi connectivity index (χ3n) is 4.88. The molecule has 0 spiro atoms. The molecule has 1 heterocycles. The second kappa shape index (κ2) is 10.5. The van der Waals surface area contributed by atoms with Crippen molar-refractivity contribution in [3.8, 4) is 11.5 Å². The summed E-state index contributed by atoms with van der Waals surface area (Å²) in [5, 5.41) is 7.54. The minimum atomic E-state index is -0.225. The van der Waals surface area contributed by atoms with Crippen LogP contribution in [0.15, 0.2) is 47.6 Å². The molecule has 0 radical (unpaired) electrons. The van der Waals surface area contributed by atoms with E-state index in [0.29, 0.717) is 6.54 Å². The normalized spacial score (nSPS) is 11.5. The predicted molar refractivity (Wildman–Crippen MR) is 119 cm³/mol. The van der Waals surface area contributed by atoms with Gasteiger partial charge in [0.1, 0.15) is 5.82 Å². The lowest BCUT2D eigenvalue weighted by molar-refractivity contribution is 0.354. The molecule has 0 aliphatic heterocycles. The number of guanidine groups is 1. The summed E-state index contributed by atoms with van der Waals surface area (Å²) in [7, 11) is 3.27. The molecule has 3 N–H and O–H groups in total. The van der Waals surface area contributed by atoms with Crippen LogP contribution in [0, 0.1) is 5.82 Å². The van der Waals surface area contributed by atoms with Crippen LogP contribution in [0.5, 0.6) is 11.5 Å². The molecule has 0 aliphatic carbocycles. The maximum Gasteiger partial charge on any atom is 0.191 e. The zero-order valence-corrected chi connectivity index (χ0v) is 17.7. The summed E-state index contributed by atoms with van der Waals surface area (Å²) in [5.74, 6) is 1.99. The lowest BCUT2D eigenvalue weighted by Crippen LogP contribution is -2.38. The van der Waals surface area contributed by atoms with Gasteiger partial charge in [0.15, 0.2) is 17.5 Å². The number of rotatable bonds is 9. The smallest absolute Gasteiger partial charge is 0.191 e. The summed E-state index contributed by atoms with van der Waals surface area (Å²) in [5.41, 5.74) is 3.15. The Balaban J connectivity index is 1.56. The highest BCUT2D eigenvalue weighted by molar-refractivity contribution is 5.83. The Morgan fingerprint density at radius 1 is 1.03 bits per heavy atom. The van der Waals surface area contributed by atoms with E-state index in [9.17, 15) is 4.39 Å². The number of nitrogens with zero attached hydrogens (tertiary/aromatic N) is 1. The van der Waals surface area contributed by atoms with E-state index in [1.807, 2.05) is 31.3 Å². The molecule has 0 bridgehead atoms. The van der Waals surface area contributed by atoms with E-state index in [0.717, 1.165) is 65.4 Å². The first-order valence-electron chi connectivity index (χ1n) is 10.1. The fourth-order valence-electron chi connectivity index (χ4n) is 3.35. The molecular weight excluding hydrogens is 383 g/mol. The fourth-order valence-corrected chi connectivity index (χ4v) is 3.35. The van der Waals surface area contributed by atoms with Crippen molar-refractivity contribution < 1.29 is 13.9 Å². The van der Waals surface area contributed by atoms with E-state index in [1.165, 1.54) is 6.07 Å². The van der Waals surface area contributed by atoms with Crippen LogP contribution in [0.4, 0.5) is 4.39 Å². The van der Waals surface area contributed by atoms with Crippen LogP contribution < -0.4 is 20.1 Å². The topological polar surface area (TPSA) is 70.7 Å². The van der Waals surface area contributed by atoms with Crippen molar-refractivity contribution >= 4 is 16.9 Å². The number of nitrogens with one attached hydrogen (secondary N) is 3. The summed E-state index contributed by atoms with van der Waals surface area (Å²) in [6.07, 6.45) is 3.49. The Kier molecular flexibility index (Phi) is 7.54. The van der Waals surface area contributed by atoms with Crippen LogP contribution in [0.25, 0.3) is 10.9 Å². The number of halogens is 1. The van der Waals surface area contributed by atoms with Gasteiger partial charge in [-0.1, -0.05) is 6.07 Å². The molecule has 0 saturated heterocycles. The molecule has 0 atom stereocenters. The third-order valence-corrected chi connectivity index (χ3v) is 4.88. The molecule has 0 amide bonds. The lowest BCUT2D eigenvalue weighted by atomic mass is 10.1. The quantitative estimate of drug-likeness (QED) is 0.371.